The Labute approximate surface area is 62.6 Å². The molecule has 1 atom stereocenters. The summed E-state index contributed by atoms with van der Waals surface area (Å²) in [6, 6.07) is 0. The minimum Gasteiger partial charge on any atom is -0.393 e. The Morgan fingerprint density at radius 2 is 2.09 bits per heavy atom. The topological polar surface area (TPSA) is 110 Å². The van der Waals surface area contributed by atoms with Gasteiger partial charge in [0.25, 0.3) is 0 Å². The van der Waals surface area contributed by atoms with Gasteiger partial charge in [0, 0.05) is 0 Å². The third kappa shape index (κ3) is 3.66. The van der Waals surface area contributed by atoms with E-state index < -0.39 is 31.2 Å². The van der Waals surface area contributed by atoms with Crippen LogP contribution in [0.15, 0.2) is 0 Å². The van der Waals surface area contributed by atoms with Crippen LogP contribution >= 0.6 is 0 Å². The first-order chi connectivity index (χ1) is 5.11. The standard InChI is InChI=1S/C5H9NO5/c6-1-4(9)11-5(10)3(8)2-7/h3,7-8H,1-2,6H2. The van der Waals surface area contributed by atoms with Gasteiger partial charge >= 0.3 is 11.9 Å². The molecule has 0 aliphatic heterocycles. The smallest absolute Gasteiger partial charge is 0.345 e. The van der Waals surface area contributed by atoms with Gasteiger partial charge in [0.1, 0.15) is 0 Å². The first-order valence-electron chi connectivity index (χ1n) is 2.85. The lowest BCUT2D eigenvalue weighted by Crippen LogP contribution is -2.31. The van der Waals surface area contributed by atoms with Gasteiger partial charge < -0.3 is 20.7 Å². The number of hydrogen-bond donors (Lipinski definition) is 3. The van der Waals surface area contributed by atoms with Gasteiger partial charge in [-0.25, -0.2) is 4.79 Å². The minimum absolute atomic E-state index is 0.441. The first-order valence-corrected chi connectivity index (χ1v) is 2.85. The second-order valence-electron chi connectivity index (χ2n) is 1.70. The van der Waals surface area contributed by atoms with Crippen LogP contribution in [0, 0.1) is 0 Å². The highest BCUT2D eigenvalue weighted by Gasteiger charge is 2.17. The van der Waals surface area contributed by atoms with E-state index in [2.05, 4.69) is 4.74 Å². The zero-order valence-corrected chi connectivity index (χ0v) is 5.69. The molecule has 0 aliphatic carbocycles. The highest BCUT2D eigenvalue weighted by Crippen LogP contribution is 1.86. The molecule has 0 amide bonds. The third-order valence-corrected chi connectivity index (χ3v) is 0.826. The summed E-state index contributed by atoms with van der Waals surface area (Å²) in [4.78, 5) is 20.7. The van der Waals surface area contributed by atoms with Gasteiger partial charge in [-0.2, -0.15) is 0 Å². The van der Waals surface area contributed by atoms with Crippen molar-refractivity contribution in [2.24, 2.45) is 5.73 Å². The molecule has 1 unspecified atom stereocenters. The van der Waals surface area contributed by atoms with Crippen LogP contribution in [0.5, 0.6) is 0 Å². The second kappa shape index (κ2) is 4.78. The van der Waals surface area contributed by atoms with Crippen LogP contribution in [-0.4, -0.2) is 41.4 Å². The summed E-state index contributed by atoms with van der Waals surface area (Å²) in [7, 11) is 0. The predicted octanol–water partition coefficient (Wildman–Crippen LogP) is -2.63. The lowest BCUT2D eigenvalue weighted by molar-refractivity contribution is -0.166. The summed E-state index contributed by atoms with van der Waals surface area (Å²) in [5.41, 5.74) is 4.79. The fourth-order valence-corrected chi connectivity index (χ4v) is 0.296. The molecule has 0 spiro atoms. The molecular weight excluding hydrogens is 154 g/mol. The van der Waals surface area contributed by atoms with E-state index >= 15 is 0 Å². The fraction of sp³-hybridized carbons (Fsp3) is 0.600. The van der Waals surface area contributed by atoms with Gasteiger partial charge in [-0.15, -0.1) is 0 Å². The van der Waals surface area contributed by atoms with Crippen molar-refractivity contribution in [2.45, 2.75) is 6.10 Å². The molecule has 0 radical (unpaired) electrons. The first kappa shape index (κ1) is 10.0. The number of esters is 2. The molecule has 0 aromatic carbocycles. The maximum absolute atomic E-state index is 10.4. The second-order valence-corrected chi connectivity index (χ2v) is 1.70. The highest BCUT2D eigenvalue weighted by molar-refractivity contribution is 5.88. The third-order valence-electron chi connectivity index (χ3n) is 0.826. The number of rotatable bonds is 3. The Bertz CT molecular complexity index is 157. The zero-order chi connectivity index (χ0) is 8.85. The average Bonchev–Trinajstić information content (AvgIpc) is 2.02. The molecule has 0 saturated heterocycles. The van der Waals surface area contributed by atoms with Gasteiger partial charge in [-0.3, -0.25) is 4.79 Å². The summed E-state index contributed by atoms with van der Waals surface area (Å²) < 4.78 is 3.94. The number of ether oxygens (including phenoxy) is 1. The average molecular weight is 163 g/mol. The molecule has 64 valence electrons. The van der Waals surface area contributed by atoms with E-state index in [1.165, 1.54) is 0 Å². The molecule has 11 heavy (non-hydrogen) atoms. The van der Waals surface area contributed by atoms with Crippen LogP contribution in [0.1, 0.15) is 0 Å². The number of carbonyl (C=O) groups is 2. The van der Waals surface area contributed by atoms with Crippen molar-refractivity contribution in [2.75, 3.05) is 13.2 Å². The van der Waals surface area contributed by atoms with Crippen molar-refractivity contribution in [3.8, 4) is 0 Å². The number of aliphatic hydroxyl groups excluding tert-OH is 2. The molecule has 0 heterocycles. The van der Waals surface area contributed by atoms with Crippen LogP contribution in [-0.2, 0) is 14.3 Å². The molecule has 0 aliphatic rings. The maximum Gasteiger partial charge on any atom is 0.345 e. The van der Waals surface area contributed by atoms with E-state index in [0.717, 1.165) is 0 Å². The number of nitrogens with two attached hydrogens (primary N) is 1. The van der Waals surface area contributed by atoms with Gasteiger partial charge in [0.05, 0.1) is 13.2 Å². The lowest BCUT2D eigenvalue weighted by Gasteiger charge is -2.04. The van der Waals surface area contributed by atoms with Crippen LogP contribution in [0.4, 0.5) is 0 Å². The summed E-state index contributed by atoms with van der Waals surface area (Å²) in [5.74, 6) is -2.13. The fourth-order valence-electron chi connectivity index (χ4n) is 0.296. The predicted molar refractivity (Wildman–Crippen MR) is 33.2 cm³/mol. The van der Waals surface area contributed by atoms with E-state index in [1.807, 2.05) is 0 Å². The largest absolute Gasteiger partial charge is 0.393 e. The normalized spacial score (nSPS) is 12.3. The molecule has 0 fully saturated rings. The summed E-state index contributed by atoms with van der Waals surface area (Å²) in [6.45, 7) is -1.22. The van der Waals surface area contributed by atoms with E-state index in [0.29, 0.717) is 0 Å². The molecule has 0 aromatic heterocycles. The van der Waals surface area contributed by atoms with Crippen LogP contribution in [0.2, 0.25) is 0 Å². The van der Waals surface area contributed by atoms with E-state index in [-0.39, 0.29) is 0 Å². The minimum atomic E-state index is -1.68. The summed E-state index contributed by atoms with van der Waals surface area (Å²) in [5, 5.41) is 16.8. The van der Waals surface area contributed by atoms with Crippen molar-refractivity contribution in [3.63, 3.8) is 0 Å². The number of aliphatic hydroxyl groups is 2. The molecule has 4 N–H and O–H groups in total. The van der Waals surface area contributed by atoms with Gasteiger partial charge in [0.2, 0.25) is 0 Å². The summed E-state index contributed by atoms with van der Waals surface area (Å²) in [6.07, 6.45) is -1.68. The van der Waals surface area contributed by atoms with Crippen molar-refractivity contribution < 1.29 is 24.5 Å². The Balaban J connectivity index is 3.77. The van der Waals surface area contributed by atoms with E-state index in [4.69, 9.17) is 15.9 Å². The van der Waals surface area contributed by atoms with Gasteiger partial charge in [-0.05, 0) is 0 Å². The Morgan fingerprint density at radius 3 is 2.45 bits per heavy atom. The van der Waals surface area contributed by atoms with Crippen LogP contribution in [0.25, 0.3) is 0 Å². The van der Waals surface area contributed by atoms with Crippen LogP contribution < -0.4 is 5.73 Å². The Hall–Kier alpha value is -0.980. The molecular formula is C5H9NO5. The monoisotopic (exact) mass is 163 g/mol. The molecule has 0 aromatic rings. The molecule has 0 rings (SSSR count). The number of hydrogen-bond acceptors (Lipinski definition) is 6. The maximum atomic E-state index is 10.4. The Morgan fingerprint density at radius 1 is 1.55 bits per heavy atom. The number of carbonyl (C=O) groups excluding carboxylic acids is 2. The van der Waals surface area contributed by atoms with Crippen molar-refractivity contribution >= 4 is 11.9 Å². The summed E-state index contributed by atoms with van der Waals surface area (Å²) >= 11 is 0. The molecule has 6 nitrogen and oxygen atoms in total. The van der Waals surface area contributed by atoms with E-state index in [9.17, 15) is 9.59 Å². The lowest BCUT2D eigenvalue weighted by atomic mass is 10.4. The molecule has 0 bridgehead atoms. The van der Waals surface area contributed by atoms with E-state index in [1.54, 1.807) is 0 Å². The molecule has 6 heteroatoms. The van der Waals surface area contributed by atoms with Gasteiger partial charge in [-0.1, -0.05) is 0 Å². The zero-order valence-electron chi connectivity index (χ0n) is 5.69. The Kier molecular flexibility index (Phi) is 4.35. The van der Waals surface area contributed by atoms with Gasteiger partial charge in [0.15, 0.2) is 6.10 Å². The molecule has 0 saturated carbocycles. The van der Waals surface area contributed by atoms with Crippen LogP contribution in [0.3, 0.4) is 0 Å². The quantitative estimate of drug-likeness (QED) is 0.310. The van der Waals surface area contributed by atoms with Crippen molar-refractivity contribution in [1.82, 2.24) is 0 Å². The SMILES string of the molecule is NCC(=O)OC(=O)C(O)CO. The van der Waals surface area contributed by atoms with Crippen molar-refractivity contribution in [3.05, 3.63) is 0 Å². The highest BCUT2D eigenvalue weighted by atomic mass is 16.6. The van der Waals surface area contributed by atoms with Crippen molar-refractivity contribution in [1.29, 1.82) is 0 Å².